The Morgan fingerprint density at radius 2 is 1.20 bits per heavy atom. The maximum absolute atomic E-state index is 13.2. The first-order chi connectivity index (χ1) is 22.0. The zero-order valence-corrected chi connectivity index (χ0v) is 25.1. The van der Waals surface area contributed by atoms with Crippen LogP contribution in [0, 0.1) is 11.8 Å². The van der Waals surface area contributed by atoms with Gasteiger partial charge in [0.05, 0.1) is 5.92 Å². The monoisotopic (exact) mass is 607 g/mol. The molecule has 1 amide bonds. The van der Waals surface area contributed by atoms with Crippen molar-refractivity contribution in [3.8, 4) is 11.5 Å². The SMILES string of the molecule is O=C(NCC1CCC(C(=O)Oc2ccc(OCc3ccccc3)cc2C(=O)OCc2ccccc2)CC1)OCc1ccccc1. The molecule has 1 N–H and O–H groups in total. The number of hydrogen-bond donors (Lipinski definition) is 1. The number of hydrogen-bond acceptors (Lipinski definition) is 7. The second-order valence-electron chi connectivity index (χ2n) is 11.1. The third-order valence-electron chi connectivity index (χ3n) is 7.77. The van der Waals surface area contributed by atoms with Crippen LogP contribution in [0.3, 0.4) is 0 Å². The summed E-state index contributed by atoms with van der Waals surface area (Å²) in [6.45, 7) is 1.10. The topological polar surface area (TPSA) is 100 Å². The first-order valence-electron chi connectivity index (χ1n) is 15.2. The molecule has 8 heteroatoms. The molecule has 0 atom stereocenters. The van der Waals surface area contributed by atoms with Crippen molar-refractivity contribution < 1.29 is 33.3 Å². The normalized spacial score (nSPS) is 15.8. The zero-order chi connectivity index (χ0) is 31.3. The van der Waals surface area contributed by atoms with Crippen LogP contribution in [-0.2, 0) is 34.1 Å². The summed E-state index contributed by atoms with van der Waals surface area (Å²) < 4.78 is 22.6. The van der Waals surface area contributed by atoms with Crippen molar-refractivity contribution in [2.45, 2.75) is 45.5 Å². The van der Waals surface area contributed by atoms with Crippen molar-refractivity contribution in [3.63, 3.8) is 0 Å². The Balaban J connectivity index is 1.15. The summed E-state index contributed by atoms with van der Waals surface area (Å²) in [7, 11) is 0. The molecule has 8 nitrogen and oxygen atoms in total. The van der Waals surface area contributed by atoms with Gasteiger partial charge in [-0.15, -0.1) is 0 Å². The molecule has 4 aromatic rings. The highest BCUT2D eigenvalue weighted by atomic mass is 16.6. The van der Waals surface area contributed by atoms with Crippen molar-refractivity contribution in [1.29, 1.82) is 0 Å². The van der Waals surface area contributed by atoms with Crippen LogP contribution in [0.25, 0.3) is 0 Å². The quantitative estimate of drug-likeness (QED) is 0.134. The molecule has 0 unspecified atom stereocenters. The number of carbonyl (C=O) groups excluding carboxylic acids is 3. The van der Waals surface area contributed by atoms with E-state index in [1.54, 1.807) is 18.2 Å². The molecule has 1 fully saturated rings. The molecule has 0 saturated heterocycles. The Hall–Kier alpha value is -5.11. The first kappa shape index (κ1) is 31.3. The smallest absolute Gasteiger partial charge is 0.407 e. The molecular formula is C37H37NO7. The zero-order valence-electron chi connectivity index (χ0n) is 25.1. The van der Waals surface area contributed by atoms with Crippen LogP contribution in [0.1, 0.15) is 52.7 Å². The van der Waals surface area contributed by atoms with E-state index in [0.717, 1.165) is 29.5 Å². The van der Waals surface area contributed by atoms with E-state index in [-0.39, 0.29) is 36.4 Å². The highest BCUT2D eigenvalue weighted by molar-refractivity contribution is 5.94. The minimum Gasteiger partial charge on any atom is -0.489 e. The molecule has 45 heavy (non-hydrogen) atoms. The average molecular weight is 608 g/mol. The number of amides is 1. The summed E-state index contributed by atoms with van der Waals surface area (Å²) in [6.07, 6.45) is 2.31. The van der Waals surface area contributed by atoms with Gasteiger partial charge in [-0.25, -0.2) is 9.59 Å². The highest BCUT2D eigenvalue weighted by Crippen LogP contribution is 2.32. The van der Waals surface area contributed by atoms with Crippen LogP contribution in [0.15, 0.2) is 109 Å². The Labute approximate surface area is 263 Å². The summed E-state index contributed by atoms with van der Waals surface area (Å²) in [6, 6.07) is 33.4. The summed E-state index contributed by atoms with van der Waals surface area (Å²) in [5, 5.41) is 2.84. The van der Waals surface area contributed by atoms with Gasteiger partial charge in [0, 0.05) is 6.54 Å². The van der Waals surface area contributed by atoms with E-state index in [9.17, 15) is 14.4 Å². The second-order valence-corrected chi connectivity index (χ2v) is 11.1. The molecule has 232 valence electrons. The lowest BCUT2D eigenvalue weighted by molar-refractivity contribution is -0.140. The fourth-order valence-electron chi connectivity index (χ4n) is 5.18. The van der Waals surface area contributed by atoms with Crippen molar-refractivity contribution >= 4 is 18.0 Å². The van der Waals surface area contributed by atoms with Gasteiger partial charge < -0.3 is 24.3 Å². The number of alkyl carbamates (subject to hydrolysis) is 1. The maximum Gasteiger partial charge on any atom is 0.407 e. The van der Waals surface area contributed by atoms with Crippen molar-refractivity contribution in [2.24, 2.45) is 11.8 Å². The van der Waals surface area contributed by atoms with Crippen LogP contribution in [0.4, 0.5) is 4.79 Å². The van der Waals surface area contributed by atoms with E-state index in [1.165, 1.54) is 0 Å². The Kier molecular flexibility index (Phi) is 11.2. The summed E-state index contributed by atoms with van der Waals surface area (Å²) in [5.41, 5.74) is 2.87. The number of ether oxygens (including phenoxy) is 4. The van der Waals surface area contributed by atoms with E-state index < -0.39 is 18.0 Å². The third kappa shape index (κ3) is 9.69. The molecule has 1 aliphatic carbocycles. The van der Waals surface area contributed by atoms with Gasteiger partial charge in [-0.3, -0.25) is 4.79 Å². The average Bonchev–Trinajstić information content (AvgIpc) is 3.10. The molecule has 5 rings (SSSR count). The predicted octanol–water partition coefficient (Wildman–Crippen LogP) is 7.26. The lowest BCUT2D eigenvalue weighted by atomic mass is 9.82. The lowest BCUT2D eigenvalue weighted by Gasteiger charge is -2.27. The van der Waals surface area contributed by atoms with Crippen molar-refractivity contribution in [2.75, 3.05) is 6.54 Å². The number of carbonyl (C=O) groups is 3. The molecule has 0 heterocycles. The van der Waals surface area contributed by atoms with Crippen LogP contribution in [0.5, 0.6) is 11.5 Å². The van der Waals surface area contributed by atoms with Crippen LogP contribution >= 0.6 is 0 Å². The van der Waals surface area contributed by atoms with Gasteiger partial charge in [-0.1, -0.05) is 91.0 Å². The molecule has 1 aliphatic rings. The summed E-state index contributed by atoms with van der Waals surface area (Å²) in [4.78, 5) is 38.6. The number of nitrogens with one attached hydrogen (secondary N) is 1. The van der Waals surface area contributed by atoms with E-state index in [2.05, 4.69) is 5.32 Å². The maximum atomic E-state index is 13.2. The Bertz CT molecular complexity index is 1540. The largest absolute Gasteiger partial charge is 0.489 e. The first-order valence-corrected chi connectivity index (χ1v) is 15.2. The van der Waals surface area contributed by atoms with Crippen molar-refractivity contribution in [3.05, 3.63) is 131 Å². The Morgan fingerprint density at radius 3 is 1.80 bits per heavy atom. The highest BCUT2D eigenvalue weighted by Gasteiger charge is 2.29. The minimum absolute atomic E-state index is 0.0833. The van der Waals surface area contributed by atoms with E-state index in [4.69, 9.17) is 18.9 Å². The molecule has 0 bridgehead atoms. The van der Waals surface area contributed by atoms with Gasteiger partial charge in [0.1, 0.15) is 36.9 Å². The molecule has 4 aromatic carbocycles. The standard InChI is InChI=1S/C37H37NO7/c39-35(31-18-16-27(17-19-31)23-38-37(41)44-26-30-14-8-3-9-15-30)45-34-21-20-32(42-24-28-10-4-1-5-11-28)22-33(34)36(40)43-25-29-12-6-2-7-13-29/h1-15,20-22,27,31H,16-19,23-26H2,(H,38,41). The fraction of sp³-hybridized carbons (Fsp3) is 0.270. The predicted molar refractivity (Wildman–Crippen MR) is 168 cm³/mol. The number of esters is 2. The fourth-order valence-corrected chi connectivity index (χ4v) is 5.18. The van der Waals surface area contributed by atoms with Crippen LogP contribution < -0.4 is 14.8 Å². The van der Waals surface area contributed by atoms with Crippen LogP contribution in [-0.4, -0.2) is 24.6 Å². The summed E-state index contributed by atoms with van der Waals surface area (Å²) >= 11 is 0. The molecular weight excluding hydrogens is 570 g/mol. The van der Waals surface area contributed by atoms with Crippen molar-refractivity contribution in [1.82, 2.24) is 5.32 Å². The van der Waals surface area contributed by atoms with Gasteiger partial charge in [0.2, 0.25) is 0 Å². The molecule has 0 aliphatic heterocycles. The van der Waals surface area contributed by atoms with Gasteiger partial charge >= 0.3 is 18.0 Å². The van der Waals surface area contributed by atoms with Gasteiger partial charge in [-0.05, 0) is 66.5 Å². The van der Waals surface area contributed by atoms with E-state index in [0.29, 0.717) is 31.7 Å². The number of rotatable bonds is 12. The molecule has 0 spiro atoms. The van der Waals surface area contributed by atoms with Gasteiger partial charge in [-0.2, -0.15) is 0 Å². The van der Waals surface area contributed by atoms with Gasteiger partial charge in [0.15, 0.2) is 0 Å². The Morgan fingerprint density at radius 1 is 0.644 bits per heavy atom. The molecule has 1 saturated carbocycles. The van der Waals surface area contributed by atoms with E-state index in [1.807, 2.05) is 91.0 Å². The lowest BCUT2D eigenvalue weighted by Crippen LogP contribution is -2.33. The summed E-state index contributed by atoms with van der Waals surface area (Å²) in [5.74, 6) is -0.480. The third-order valence-corrected chi connectivity index (χ3v) is 7.77. The number of benzene rings is 4. The molecule has 0 aromatic heterocycles. The van der Waals surface area contributed by atoms with E-state index >= 15 is 0 Å². The minimum atomic E-state index is -0.610. The second kappa shape index (κ2) is 16.1. The van der Waals surface area contributed by atoms with Crippen LogP contribution in [0.2, 0.25) is 0 Å². The molecule has 0 radical (unpaired) electrons. The van der Waals surface area contributed by atoms with Gasteiger partial charge in [0.25, 0.3) is 0 Å².